The van der Waals surface area contributed by atoms with E-state index in [0.717, 1.165) is 38.3 Å². The smallest absolute Gasteiger partial charge is 0.336 e. The first-order valence-electron chi connectivity index (χ1n) is 8.01. The number of urea groups is 1. The third kappa shape index (κ3) is 5.76. The van der Waals surface area contributed by atoms with Gasteiger partial charge in [-0.2, -0.15) is 13.2 Å². The van der Waals surface area contributed by atoms with Crippen molar-refractivity contribution in [3.05, 3.63) is 28.8 Å². The molecule has 140 valence electrons. The number of nitrogens with one attached hydrogen (secondary N) is 2. The van der Waals surface area contributed by atoms with Crippen molar-refractivity contribution in [2.24, 2.45) is 0 Å². The number of carbonyl (C=O) groups excluding carboxylic acids is 1. The molecule has 1 heterocycles. The van der Waals surface area contributed by atoms with Gasteiger partial charge in [-0.15, -0.1) is 0 Å². The number of alkyl halides is 3. The van der Waals surface area contributed by atoms with Crippen LogP contribution in [0.1, 0.15) is 12.5 Å². The largest absolute Gasteiger partial charge is 0.418 e. The average Bonchev–Trinajstić information content (AvgIpc) is 2.54. The summed E-state index contributed by atoms with van der Waals surface area (Å²) in [6, 6.07) is 2.68. The van der Waals surface area contributed by atoms with Crippen LogP contribution in [0, 0.1) is 0 Å². The highest BCUT2D eigenvalue weighted by atomic mass is 35.5. The number of carbonyl (C=O) groups is 1. The van der Waals surface area contributed by atoms with Crippen molar-refractivity contribution in [3.63, 3.8) is 0 Å². The molecule has 0 bridgehead atoms. The fraction of sp³-hybridized carbons (Fsp3) is 0.562. The van der Waals surface area contributed by atoms with Gasteiger partial charge in [0.1, 0.15) is 0 Å². The lowest BCUT2D eigenvalue weighted by molar-refractivity contribution is -0.136. The summed E-state index contributed by atoms with van der Waals surface area (Å²) < 4.78 is 39.1. The fourth-order valence-corrected chi connectivity index (χ4v) is 2.83. The Morgan fingerprint density at radius 2 is 1.92 bits per heavy atom. The van der Waals surface area contributed by atoms with Crippen LogP contribution in [0.15, 0.2) is 18.2 Å². The number of benzene rings is 1. The van der Waals surface area contributed by atoms with Crippen molar-refractivity contribution in [2.75, 3.05) is 45.1 Å². The topological polar surface area (TPSA) is 47.6 Å². The summed E-state index contributed by atoms with van der Waals surface area (Å²) >= 11 is 5.62. The van der Waals surface area contributed by atoms with E-state index in [4.69, 9.17) is 11.6 Å². The lowest BCUT2D eigenvalue weighted by Gasteiger charge is -2.36. The van der Waals surface area contributed by atoms with E-state index in [1.165, 1.54) is 6.07 Å². The number of halogens is 4. The van der Waals surface area contributed by atoms with E-state index in [2.05, 4.69) is 27.5 Å². The Morgan fingerprint density at radius 1 is 1.28 bits per heavy atom. The summed E-state index contributed by atoms with van der Waals surface area (Å²) in [5.41, 5.74) is -1.29. The molecule has 1 aromatic carbocycles. The molecular weight excluding hydrogens is 357 g/mol. The lowest BCUT2D eigenvalue weighted by Crippen LogP contribution is -2.51. The normalized spacial score (nSPS) is 18.0. The molecular formula is C16H22ClF3N4O. The van der Waals surface area contributed by atoms with Gasteiger partial charge in [0.05, 0.1) is 11.3 Å². The monoisotopic (exact) mass is 378 g/mol. The van der Waals surface area contributed by atoms with Crippen molar-refractivity contribution in [1.29, 1.82) is 0 Å². The summed E-state index contributed by atoms with van der Waals surface area (Å²) in [4.78, 5) is 16.4. The number of rotatable bonds is 4. The first-order valence-corrected chi connectivity index (χ1v) is 8.39. The van der Waals surface area contributed by atoms with Crippen LogP contribution in [0.5, 0.6) is 0 Å². The third-order valence-electron chi connectivity index (χ3n) is 4.25. The van der Waals surface area contributed by atoms with Crippen molar-refractivity contribution in [2.45, 2.75) is 19.1 Å². The van der Waals surface area contributed by atoms with E-state index in [-0.39, 0.29) is 16.8 Å². The molecule has 2 N–H and O–H groups in total. The SMILES string of the molecule is CC(CNC(=O)Nc1ccc(Cl)cc1C(F)(F)F)N1CCN(C)CC1. The van der Waals surface area contributed by atoms with Crippen LogP contribution in [-0.4, -0.2) is 61.6 Å². The second kappa shape index (κ2) is 8.25. The average molecular weight is 379 g/mol. The summed E-state index contributed by atoms with van der Waals surface area (Å²) in [6.07, 6.45) is -4.60. The van der Waals surface area contributed by atoms with E-state index in [1.54, 1.807) is 0 Å². The zero-order valence-corrected chi connectivity index (χ0v) is 14.9. The molecule has 0 aliphatic carbocycles. The van der Waals surface area contributed by atoms with Gasteiger partial charge in [-0.25, -0.2) is 4.79 Å². The molecule has 9 heteroatoms. The Kier molecular flexibility index (Phi) is 6.53. The van der Waals surface area contributed by atoms with Crippen LogP contribution in [0.2, 0.25) is 5.02 Å². The third-order valence-corrected chi connectivity index (χ3v) is 4.49. The molecule has 1 fully saturated rings. The number of likely N-dealkylation sites (N-methyl/N-ethyl adjacent to an activating group) is 1. The molecule has 5 nitrogen and oxygen atoms in total. The van der Waals surface area contributed by atoms with Crippen LogP contribution < -0.4 is 10.6 Å². The van der Waals surface area contributed by atoms with E-state index in [1.807, 2.05) is 6.92 Å². The maximum Gasteiger partial charge on any atom is 0.418 e. The predicted octanol–water partition coefficient (Wildman–Crippen LogP) is 3.12. The number of nitrogens with zero attached hydrogens (tertiary/aromatic N) is 2. The quantitative estimate of drug-likeness (QED) is 0.846. The van der Waals surface area contributed by atoms with Gasteiger partial charge in [0, 0.05) is 43.8 Å². The van der Waals surface area contributed by atoms with E-state index in [0.29, 0.717) is 6.54 Å². The van der Waals surface area contributed by atoms with Crippen LogP contribution in [-0.2, 0) is 6.18 Å². The van der Waals surface area contributed by atoms with Crippen LogP contribution in [0.4, 0.5) is 23.7 Å². The van der Waals surface area contributed by atoms with Gasteiger partial charge < -0.3 is 15.5 Å². The lowest BCUT2D eigenvalue weighted by atomic mass is 10.1. The summed E-state index contributed by atoms with van der Waals surface area (Å²) in [7, 11) is 2.05. The van der Waals surface area contributed by atoms with Crippen LogP contribution in [0.3, 0.4) is 0 Å². The van der Waals surface area contributed by atoms with Gasteiger partial charge in [-0.05, 0) is 32.2 Å². The Bertz CT molecular complexity index is 604. The second-order valence-corrected chi connectivity index (χ2v) is 6.65. The molecule has 0 aromatic heterocycles. The standard InChI is InChI=1S/C16H22ClF3N4O/c1-11(24-7-5-23(2)6-8-24)10-21-15(25)22-14-4-3-12(17)9-13(14)16(18,19)20/h3-4,9,11H,5-8,10H2,1-2H3,(H2,21,22,25). The maximum atomic E-state index is 13.0. The van der Waals surface area contributed by atoms with E-state index in [9.17, 15) is 18.0 Å². The molecule has 1 saturated heterocycles. The van der Waals surface area contributed by atoms with Crippen molar-refractivity contribution in [1.82, 2.24) is 15.1 Å². The number of piperazine rings is 1. The minimum absolute atomic E-state index is 0.0398. The van der Waals surface area contributed by atoms with Gasteiger partial charge in [0.2, 0.25) is 0 Å². The first kappa shape index (κ1) is 19.8. The van der Waals surface area contributed by atoms with Gasteiger partial charge in [0.15, 0.2) is 0 Å². The summed E-state index contributed by atoms with van der Waals surface area (Å²) in [6.45, 7) is 6.04. The summed E-state index contributed by atoms with van der Waals surface area (Å²) in [5.74, 6) is 0. The molecule has 1 unspecified atom stereocenters. The molecule has 1 aliphatic heterocycles. The van der Waals surface area contributed by atoms with Gasteiger partial charge in [-0.3, -0.25) is 4.90 Å². The van der Waals surface area contributed by atoms with Gasteiger partial charge in [-0.1, -0.05) is 11.6 Å². The molecule has 0 spiro atoms. The molecule has 2 amide bonds. The summed E-state index contributed by atoms with van der Waals surface area (Å²) in [5, 5.41) is 4.84. The minimum atomic E-state index is -4.60. The Labute approximate surface area is 150 Å². The molecule has 2 rings (SSSR count). The fourth-order valence-electron chi connectivity index (χ4n) is 2.66. The molecule has 1 aliphatic rings. The molecule has 0 saturated carbocycles. The highest BCUT2D eigenvalue weighted by molar-refractivity contribution is 6.30. The number of hydrogen-bond acceptors (Lipinski definition) is 3. The Morgan fingerprint density at radius 3 is 2.52 bits per heavy atom. The van der Waals surface area contributed by atoms with Crippen LogP contribution in [0.25, 0.3) is 0 Å². The number of amides is 2. The zero-order chi connectivity index (χ0) is 18.6. The Balaban J connectivity index is 1.90. The predicted molar refractivity (Wildman–Crippen MR) is 92.0 cm³/mol. The van der Waals surface area contributed by atoms with Crippen molar-refractivity contribution in [3.8, 4) is 0 Å². The second-order valence-electron chi connectivity index (χ2n) is 6.21. The molecule has 1 atom stereocenters. The number of anilines is 1. The minimum Gasteiger partial charge on any atom is -0.336 e. The Hall–Kier alpha value is -1.51. The van der Waals surface area contributed by atoms with E-state index >= 15 is 0 Å². The maximum absolute atomic E-state index is 13.0. The van der Waals surface area contributed by atoms with Crippen molar-refractivity contribution < 1.29 is 18.0 Å². The van der Waals surface area contributed by atoms with Crippen LogP contribution >= 0.6 is 11.6 Å². The molecule has 1 aromatic rings. The number of hydrogen-bond donors (Lipinski definition) is 2. The highest BCUT2D eigenvalue weighted by Crippen LogP contribution is 2.36. The van der Waals surface area contributed by atoms with Crippen molar-refractivity contribution >= 4 is 23.3 Å². The van der Waals surface area contributed by atoms with Gasteiger partial charge in [0.25, 0.3) is 0 Å². The molecule has 0 radical (unpaired) electrons. The zero-order valence-electron chi connectivity index (χ0n) is 14.2. The molecule has 25 heavy (non-hydrogen) atoms. The van der Waals surface area contributed by atoms with Gasteiger partial charge >= 0.3 is 12.2 Å². The highest BCUT2D eigenvalue weighted by Gasteiger charge is 2.34. The van der Waals surface area contributed by atoms with E-state index < -0.39 is 17.8 Å². The first-order chi connectivity index (χ1) is 11.7.